The van der Waals surface area contributed by atoms with Crippen LogP contribution in [0, 0.1) is 17.8 Å². The van der Waals surface area contributed by atoms with Gasteiger partial charge in [0.15, 0.2) is 0 Å². The highest BCUT2D eigenvalue weighted by molar-refractivity contribution is 5.12. The molecule has 2 bridgehead atoms. The van der Waals surface area contributed by atoms with Gasteiger partial charge in [0.25, 0.3) is 0 Å². The summed E-state index contributed by atoms with van der Waals surface area (Å²) in [5, 5.41) is 0. The molecule has 1 saturated carbocycles. The van der Waals surface area contributed by atoms with Crippen molar-refractivity contribution in [3.05, 3.63) is 12.2 Å². The largest absolute Gasteiger partial charge is 0.306 e. The fourth-order valence-corrected chi connectivity index (χ4v) is 4.25. The van der Waals surface area contributed by atoms with E-state index in [1.165, 1.54) is 57.8 Å². The number of rotatable bonds is 9. The highest BCUT2D eigenvalue weighted by Crippen LogP contribution is 2.46. The van der Waals surface area contributed by atoms with Gasteiger partial charge in [0.1, 0.15) is 0 Å². The molecule has 2 rings (SSSR count). The highest BCUT2D eigenvalue weighted by atomic mass is 15.1. The molecule has 1 fully saturated rings. The summed E-state index contributed by atoms with van der Waals surface area (Å²) in [6.45, 7) is 2.30. The fourth-order valence-electron chi connectivity index (χ4n) is 4.25. The standard InChI is InChI=1S/C18H33N/c1-4-5-6-7-8-9-10-18(19(2)3)17-14-15-11-12-16(17)13-15/h11-12,15-18H,4-10,13-14H2,1-3H3. The van der Waals surface area contributed by atoms with Crippen molar-refractivity contribution in [2.75, 3.05) is 14.1 Å². The molecule has 110 valence electrons. The zero-order valence-electron chi connectivity index (χ0n) is 13.3. The Morgan fingerprint density at radius 2 is 1.74 bits per heavy atom. The molecule has 0 aromatic carbocycles. The third-order valence-corrected chi connectivity index (χ3v) is 5.34. The molecule has 0 aliphatic heterocycles. The Morgan fingerprint density at radius 3 is 2.32 bits per heavy atom. The number of hydrogen-bond donors (Lipinski definition) is 0. The van der Waals surface area contributed by atoms with Gasteiger partial charge in [0.2, 0.25) is 0 Å². The average molecular weight is 263 g/mol. The summed E-state index contributed by atoms with van der Waals surface area (Å²) in [6.07, 6.45) is 17.9. The van der Waals surface area contributed by atoms with Gasteiger partial charge in [0.05, 0.1) is 0 Å². The lowest BCUT2D eigenvalue weighted by atomic mass is 9.83. The van der Waals surface area contributed by atoms with Crippen LogP contribution in [0.1, 0.15) is 64.7 Å². The SMILES string of the molecule is CCCCCCCCC(C1CC2C=CC1C2)N(C)C. The lowest BCUT2D eigenvalue weighted by Crippen LogP contribution is -2.37. The van der Waals surface area contributed by atoms with Crippen molar-refractivity contribution >= 4 is 0 Å². The molecular formula is C18H33N. The third-order valence-electron chi connectivity index (χ3n) is 5.34. The highest BCUT2D eigenvalue weighted by Gasteiger charge is 2.40. The summed E-state index contributed by atoms with van der Waals surface area (Å²) < 4.78 is 0. The van der Waals surface area contributed by atoms with Gasteiger partial charge < -0.3 is 4.90 Å². The van der Waals surface area contributed by atoms with Gasteiger partial charge in [-0.2, -0.15) is 0 Å². The van der Waals surface area contributed by atoms with Gasteiger partial charge in [-0.3, -0.25) is 0 Å². The molecule has 0 saturated heterocycles. The van der Waals surface area contributed by atoms with Crippen LogP contribution in [0.25, 0.3) is 0 Å². The van der Waals surface area contributed by atoms with Crippen molar-refractivity contribution in [3.8, 4) is 0 Å². The Morgan fingerprint density at radius 1 is 1.00 bits per heavy atom. The quantitative estimate of drug-likeness (QED) is 0.423. The van der Waals surface area contributed by atoms with Crippen LogP contribution in [0.3, 0.4) is 0 Å². The van der Waals surface area contributed by atoms with Crippen molar-refractivity contribution in [2.24, 2.45) is 17.8 Å². The maximum atomic E-state index is 2.51. The van der Waals surface area contributed by atoms with Crippen LogP contribution in [-0.2, 0) is 0 Å². The predicted molar refractivity (Wildman–Crippen MR) is 84.3 cm³/mol. The van der Waals surface area contributed by atoms with Crippen molar-refractivity contribution in [2.45, 2.75) is 70.8 Å². The van der Waals surface area contributed by atoms with Gasteiger partial charge in [-0.25, -0.2) is 0 Å². The normalized spacial score (nSPS) is 30.4. The minimum Gasteiger partial charge on any atom is -0.306 e. The predicted octanol–water partition coefficient (Wildman–Crippen LogP) is 4.88. The lowest BCUT2D eigenvalue weighted by molar-refractivity contribution is 0.171. The molecule has 0 spiro atoms. The zero-order chi connectivity index (χ0) is 13.7. The van der Waals surface area contributed by atoms with Crippen molar-refractivity contribution in [1.29, 1.82) is 0 Å². The van der Waals surface area contributed by atoms with Crippen LogP contribution in [0.2, 0.25) is 0 Å². The van der Waals surface area contributed by atoms with E-state index >= 15 is 0 Å². The molecule has 0 N–H and O–H groups in total. The number of nitrogens with zero attached hydrogens (tertiary/aromatic N) is 1. The van der Waals surface area contributed by atoms with Gasteiger partial charge in [0, 0.05) is 6.04 Å². The molecule has 1 nitrogen and oxygen atoms in total. The Balaban J connectivity index is 1.70. The van der Waals surface area contributed by atoms with E-state index in [0.717, 1.165) is 23.8 Å². The van der Waals surface area contributed by atoms with E-state index in [4.69, 9.17) is 0 Å². The van der Waals surface area contributed by atoms with Gasteiger partial charge in [-0.05, 0) is 51.1 Å². The minimum absolute atomic E-state index is 0.825. The van der Waals surface area contributed by atoms with Crippen LogP contribution in [-0.4, -0.2) is 25.0 Å². The topological polar surface area (TPSA) is 3.24 Å². The zero-order valence-corrected chi connectivity index (χ0v) is 13.3. The van der Waals surface area contributed by atoms with E-state index in [2.05, 4.69) is 38.1 Å². The second-order valence-electron chi connectivity index (χ2n) is 7.03. The maximum Gasteiger partial charge on any atom is 0.0123 e. The number of fused-ring (bicyclic) bond motifs is 2. The molecule has 0 amide bonds. The first-order chi connectivity index (χ1) is 9.22. The monoisotopic (exact) mass is 263 g/mol. The molecule has 0 aromatic heterocycles. The van der Waals surface area contributed by atoms with E-state index in [1.807, 2.05) is 0 Å². The molecule has 1 heteroatoms. The summed E-state index contributed by atoms with van der Waals surface area (Å²) in [6, 6.07) is 0.825. The van der Waals surface area contributed by atoms with Crippen molar-refractivity contribution in [3.63, 3.8) is 0 Å². The summed E-state index contributed by atoms with van der Waals surface area (Å²) in [7, 11) is 4.58. The average Bonchev–Trinajstić information content (AvgIpc) is 2.99. The van der Waals surface area contributed by atoms with E-state index in [1.54, 1.807) is 0 Å². The Bertz CT molecular complexity index is 281. The number of hydrogen-bond acceptors (Lipinski definition) is 1. The first kappa shape index (κ1) is 15.1. The smallest absolute Gasteiger partial charge is 0.0123 e. The number of allylic oxidation sites excluding steroid dienone is 2. The molecule has 0 heterocycles. The molecule has 0 radical (unpaired) electrons. The van der Waals surface area contributed by atoms with Crippen molar-refractivity contribution in [1.82, 2.24) is 4.90 Å². The summed E-state index contributed by atoms with van der Waals surface area (Å²) in [4.78, 5) is 2.51. The molecule has 2 aliphatic rings. The molecule has 0 aromatic rings. The van der Waals surface area contributed by atoms with Gasteiger partial charge in [-0.1, -0.05) is 57.6 Å². The molecule has 4 unspecified atom stereocenters. The third kappa shape index (κ3) is 4.08. The molecule has 19 heavy (non-hydrogen) atoms. The second-order valence-corrected chi connectivity index (χ2v) is 7.03. The number of unbranched alkanes of at least 4 members (excludes halogenated alkanes) is 5. The van der Waals surface area contributed by atoms with Crippen LogP contribution >= 0.6 is 0 Å². The summed E-state index contributed by atoms with van der Waals surface area (Å²) >= 11 is 0. The minimum atomic E-state index is 0.825. The summed E-state index contributed by atoms with van der Waals surface area (Å²) in [5.74, 6) is 2.76. The first-order valence-corrected chi connectivity index (χ1v) is 8.57. The van der Waals surface area contributed by atoms with Crippen molar-refractivity contribution < 1.29 is 0 Å². The lowest BCUT2D eigenvalue weighted by Gasteiger charge is -2.34. The van der Waals surface area contributed by atoms with E-state index in [-0.39, 0.29) is 0 Å². The first-order valence-electron chi connectivity index (χ1n) is 8.57. The van der Waals surface area contributed by atoms with E-state index in [0.29, 0.717) is 0 Å². The molecular weight excluding hydrogens is 230 g/mol. The Labute approximate surface area is 120 Å². The van der Waals surface area contributed by atoms with Crippen LogP contribution in [0.5, 0.6) is 0 Å². The Kier molecular flexibility index (Phi) is 5.94. The maximum absolute atomic E-state index is 2.51. The molecule has 2 aliphatic carbocycles. The van der Waals surface area contributed by atoms with Crippen LogP contribution in [0.4, 0.5) is 0 Å². The Hall–Kier alpha value is -0.300. The summed E-state index contributed by atoms with van der Waals surface area (Å²) in [5.41, 5.74) is 0. The van der Waals surface area contributed by atoms with E-state index < -0.39 is 0 Å². The van der Waals surface area contributed by atoms with E-state index in [9.17, 15) is 0 Å². The molecule has 4 atom stereocenters. The fraction of sp³-hybridized carbons (Fsp3) is 0.889. The second kappa shape index (κ2) is 7.47. The van der Waals surface area contributed by atoms with Gasteiger partial charge >= 0.3 is 0 Å². The van der Waals surface area contributed by atoms with Gasteiger partial charge in [-0.15, -0.1) is 0 Å². The van der Waals surface area contributed by atoms with Crippen LogP contribution in [0.15, 0.2) is 12.2 Å². The van der Waals surface area contributed by atoms with Crippen LogP contribution < -0.4 is 0 Å².